The zero-order valence-electron chi connectivity index (χ0n) is 17.0. The summed E-state index contributed by atoms with van der Waals surface area (Å²) in [7, 11) is 0. The van der Waals surface area contributed by atoms with Gasteiger partial charge in [0.25, 0.3) is 0 Å². The summed E-state index contributed by atoms with van der Waals surface area (Å²) in [6, 6.07) is 17.7. The van der Waals surface area contributed by atoms with Gasteiger partial charge in [0.1, 0.15) is 23.0 Å². The third kappa shape index (κ3) is 5.55. The second-order valence-corrected chi connectivity index (χ2v) is 6.98. The van der Waals surface area contributed by atoms with Crippen LogP contribution in [0.5, 0.6) is 11.5 Å². The molecule has 0 fully saturated rings. The number of aliphatic hydroxyl groups is 1. The van der Waals surface area contributed by atoms with Gasteiger partial charge in [-0.2, -0.15) is 18.2 Å². The molecule has 0 aliphatic carbocycles. The number of hydrogen-bond acceptors (Lipinski definition) is 7. The van der Waals surface area contributed by atoms with Crippen molar-refractivity contribution in [3.8, 4) is 22.8 Å². The molecule has 0 spiro atoms. The molecule has 168 valence electrons. The molecule has 4 N–H and O–H groups in total. The molecule has 2 aromatic carbocycles. The van der Waals surface area contributed by atoms with Crippen molar-refractivity contribution in [3.05, 3.63) is 84.2 Å². The van der Waals surface area contributed by atoms with E-state index in [1.165, 1.54) is 6.07 Å². The fraction of sp³-hybridized carbons (Fsp3) is 0.0870. The van der Waals surface area contributed by atoms with Gasteiger partial charge in [0.15, 0.2) is 0 Å². The Labute approximate surface area is 186 Å². The van der Waals surface area contributed by atoms with Crippen molar-refractivity contribution in [2.24, 2.45) is 0 Å². The van der Waals surface area contributed by atoms with E-state index in [0.29, 0.717) is 22.9 Å². The zero-order valence-corrected chi connectivity index (χ0v) is 17.0. The SMILES string of the molecule is Nc1nc(Nc2ccc(Oc3ccnc(C(F)(F)F)c3)cc2)cc(-c2cccc(CO)c2)n1. The van der Waals surface area contributed by atoms with Crippen molar-refractivity contribution in [2.45, 2.75) is 12.8 Å². The number of aliphatic hydroxyl groups excluding tert-OH is 1. The van der Waals surface area contributed by atoms with Crippen LogP contribution < -0.4 is 15.8 Å². The van der Waals surface area contributed by atoms with Crippen LogP contribution in [0, 0.1) is 0 Å². The number of benzene rings is 2. The summed E-state index contributed by atoms with van der Waals surface area (Å²) in [6.07, 6.45) is -3.51. The van der Waals surface area contributed by atoms with E-state index >= 15 is 0 Å². The average Bonchev–Trinajstić information content (AvgIpc) is 2.80. The van der Waals surface area contributed by atoms with Crippen LogP contribution in [0.2, 0.25) is 0 Å². The number of halogens is 3. The van der Waals surface area contributed by atoms with Crippen molar-refractivity contribution < 1.29 is 23.0 Å². The molecule has 0 radical (unpaired) electrons. The first kappa shape index (κ1) is 22.0. The van der Waals surface area contributed by atoms with E-state index in [0.717, 1.165) is 23.4 Å². The van der Waals surface area contributed by atoms with E-state index in [1.807, 2.05) is 12.1 Å². The quantitative estimate of drug-likeness (QED) is 0.370. The number of nitrogens with two attached hydrogens (primary N) is 1. The number of rotatable bonds is 6. The third-order valence-corrected chi connectivity index (χ3v) is 4.53. The molecule has 4 rings (SSSR count). The summed E-state index contributed by atoms with van der Waals surface area (Å²) >= 11 is 0. The highest BCUT2D eigenvalue weighted by atomic mass is 19.4. The van der Waals surface area contributed by atoms with Crippen LogP contribution in [0.25, 0.3) is 11.3 Å². The minimum Gasteiger partial charge on any atom is -0.457 e. The van der Waals surface area contributed by atoms with Crippen molar-refractivity contribution in [2.75, 3.05) is 11.1 Å². The monoisotopic (exact) mass is 453 g/mol. The first-order valence-electron chi connectivity index (χ1n) is 9.73. The molecule has 0 atom stereocenters. The van der Waals surface area contributed by atoms with Crippen LogP contribution in [-0.4, -0.2) is 20.1 Å². The molecule has 7 nitrogen and oxygen atoms in total. The van der Waals surface area contributed by atoms with E-state index in [2.05, 4.69) is 20.3 Å². The van der Waals surface area contributed by atoms with Crippen LogP contribution in [0.3, 0.4) is 0 Å². The zero-order chi connectivity index (χ0) is 23.4. The molecule has 0 unspecified atom stereocenters. The van der Waals surface area contributed by atoms with Crippen molar-refractivity contribution in [3.63, 3.8) is 0 Å². The highest BCUT2D eigenvalue weighted by Gasteiger charge is 2.32. The number of pyridine rings is 1. The lowest BCUT2D eigenvalue weighted by molar-refractivity contribution is -0.141. The minimum absolute atomic E-state index is 0.0244. The summed E-state index contributed by atoms with van der Waals surface area (Å²) in [5, 5.41) is 12.5. The lowest BCUT2D eigenvalue weighted by Gasteiger charge is -2.11. The molecule has 0 saturated carbocycles. The van der Waals surface area contributed by atoms with Gasteiger partial charge in [-0.25, -0.2) is 4.98 Å². The van der Waals surface area contributed by atoms with E-state index < -0.39 is 11.9 Å². The van der Waals surface area contributed by atoms with Crippen LogP contribution >= 0.6 is 0 Å². The summed E-state index contributed by atoms with van der Waals surface area (Å²) < 4.78 is 43.9. The van der Waals surface area contributed by atoms with Crippen molar-refractivity contribution >= 4 is 17.5 Å². The van der Waals surface area contributed by atoms with Gasteiger partial charge in [-0.3, -0.25) is 4.98 Å². The molecule has 0 aliphatic rings. The van der Waals surface area contributed by atoms with Gasteiger partial charge in [0.05, 0.1) is 12.3 Å². The molecule has 4 aromatic rings. The smallest absolute Gasteiger partial charge is 0.433 e. The van der Waals surface area contributed by atoms with E-state index in [-0.39, 0.29) is 18.3 Å². The predicted octanol–water partition coefficient (Wildman–Crippen LogP) is 5.17. The maximum Gasteiger partial charge on any atom is 0.433 e. The third-order valence-electron chi connectivity index (χ3n) is 4.53. The number of ether oxygens (including phenoxy) is 1. The minimum atomic E-state index is -4.55. The second-order valence-electron chi connectivity index (χ2n) is 6.98. The predicted molar refractivity (Wildman–Crippen MR) is 117 cm³/mol. The lowest BCUT2D eigenvalue weighted by atomic mass is 10.1. The molecule has 0 amide bonds. The summed E-state index contributed by atoms with van der Waals surface area (Å²) in [4.78, 5) is 11.7. The van der Waals surface area contributed by atoms with Gasteiger partial charge in [-0.1, -0.05) is 18.2 Å². The number of anilines is 3. The Morgan fingerprint density at radius 1 is 0.939 bits per heavy atom. The summed E-state index contributed by atoms with van der Waals surface area (Å²) in [5.41, 5.74) is 7.58. The summed E-state index contributed by atoms with van der Waals surface area (Å²) in [5.74, 6) is 0.895. The van der Waals surface area contributed by atoms with Crippen LogP contribution in [0.15, 0.2) is 72.9 Å². The number of nitrogens with one attached hydrogen (secondary N) is 1. The molecule has 2 aromatic heterocycles. The molecule has 0 aliphatic heterocycles. The van der Waals surface area contributed by atoms with Crippen LogP contribution in [-0.2, 0) is 12.8 Å². The molecule has 2 heterocycles. The van der Waals surface area contributed by atoms with Gasteiger partial charge in [-0.15, -0.1) is 0 Å². The van der Waals surface area contributed by atoms with Gasteiger partial charge < -0.3 is 20.9 Å². The van der Waals surface area contributed by atoms with Gasteiger partial charge >= 0.3 is 6.18 Å². The van der Waals surface area contributed by atoms with Gasteiger partial charge in [-0.05, 0) is 42.0 Å². The van der Waals surface area contributed by atoms with E-state index in [1.54, 1.807) is 42.5 Å². The van der Waals surface area contributed by atoms with Crippen molar-refractivity contribution in [1.29, 1.82) is 0 Å². The number of nitrogens with zero attached hydrogens (tertiary/aromatic N) is 3. The Kier molecular flexibility index (Phi) is 6.09. The Morgan fingerprint density at radius 2 is 1.73 bits per heavy atom. The number of hydrogen-bond donors (Lipinski definition) is 3. The standard InChI is InChI=1S/C23H18F3N5O2/c24-23(25,26)20-11-18(8-9-28-20)33-17-6-4-16(5-7-17)29-21-12-19(30-22(27)31-21)15-3-1-2-14(10-15)13-32/h1-12,32H,13H2,(H3,27,29,30,31). The first-order chi connectivity index (χ1) is 15.8. The van der Waals surface area contributed by atoms with Crippen LogP contribution in [0.1, 0.15) is 11.3 Å². The first-order valence-corrected chi connectivity index (χ1v) is 9.73. The number of nitrogen functional groups attached to an aromatic ring is 1. The topological polar surface area (TPSA) is 106 Å². The van der Waals surface area contributed by atoms with Gasteiger partial charge in [0.2, 0.25) is 5.95 Å². The molecular weight excluding hydrogens is 435 g/mol. The molecular formula is C23H18F3N5O2. The maximum atomic E-state index is 12.8. The molecule has 33 heavy (non-hydrogen) atoms. The number of aromatic nitrogens is 3. The van der Waals surface area contributed by atoms with Crippen LogP contribution in [0.4, 0.5) is 30.6 Å². The largest absolute Gasteiger partial charge is 0.457 e. The molecule has 0 saturated heterocycles. The molecule has 10 heteroatoms. The molecule has 0 bridgehead atoms. The van der Waals surface area contributed by atoms with Gasteiger partial charge in [0, 0.05) is 29.6 Å². The highest BCUT2D eigenvalue weighted by Crippen LogP contribution is 2.31. The maximum absolute atomic E-state index is 12.8. The Bertz CT molecular complexity index is 1260. The van der Waals surface area contributed by atoms with E-state index in [9.17, 15) is 18.3 Å². The normalized spacial score (nSPS) is 11.3. The Morgan fingerprint density at radius 3 is 2.45 bits per heavy atom. The fourth-order valence-electron chi connectivity index (χ4n) is 3.03. The Balaban J connectivity index is 1.50. The lowest BCUT2D eigenvalue weighted by Crippen LogP contribution is -2.07. The fourth-order valence-corrected chi connectivity index (χ4v) is 3.03. The summed E-state index contributed by atoms with van der Waals surface area (Å²) in [6.45, 7) is -0.0923. The average molecular weight is 453 g/mol. The highest BCUT2D eigenvalue weighted by molar-refractivity contribution is 5.67. The Hall–Kier alpha value is -4.18. The van der Waals surface area contributed by atoms with E-state index in [4.69, 9.17) is 10.5 Å². The van der Waals surface area contributed by atoms with Crippen molar-refractivity contribution in [1.82, 2.24) is 15.0 Å². The second kappa shape index (κ2) is 9.13. The number of alkyl halides is 3.